The van der Waals surface area contributed by atoms with Gasteiger partial charge in [-0.2, -0.15) is 0 Å². The van der Waals surface area contributed by atoms with Crippen LogP contribution in [0.5, 0.6) is 11.5 Å². The number of methoxy groups -OCH3 is 1. The van der Waals surface area contributed by atoms with Crippen molar-refractivity contribution in [2.75, 3.05) is 7.11 Å². The van der Waals surface area contributed by atoms with E-state index in [1.165, 1.54) is 13.2 Å². The number of hydrogen-bond acceptors (Lipinski definition) is 6. The number of rotatable bonds is 10. The molecular weight excluding hydrogens is 480 g/mol. The van der Waals surface area contributed by atoms with Gasteiger partial charge in [0.05, 0.1) is 17.9 Å². The maximum absolute atomic E-state index is 12.9. The highest BCUT2D eigenvalue weighted by Crippen LogP contribution is 2.38. The van der Waals surface area contributed by atoms with E-state index >= 15 is 0 Å². The molecule has 0 aliphatic carbocycles. The molecule has 0 amide bonds. The van der Waals surface area contributed by atoms with Crippen molar-refractivity contribution in [3.05, 3.63) is 90.5 Å². The molecule has 1 unspecified atom stereocenters. The van der Waals surface area contributed by atoms with Crippen LogP contribution in [0.4, 0.5) is 0 Å². The molecule has 0 heterocycles. The van der Waals surface area contributed by atoms with Crippen LogP contribution in [0.15, 0.2) is 84.9 Å². The van der Waals surface area contributed by atoms with Crippen LogP contribution < -0.4 is 9.47 Å². The van der Waals surface area contributed by atoms with Crippen molar-refractivity contribution in [2.24, 2.45) is 10.8 Å². The number of benzene rings is 3. The Labute approximate surface area is 224 Å². The Morgan fingerprint density at radius 2 is 1.29 bits per heavy atom. The van der Waals surface area contributed by atoms with Crippen LogP contribution in [0.25, 0.3) is 17.2 Å². The van der Waals surface area contributed by atoms with Gasteiger partial charge in [-0.05, 0) is 80.6 Å². The summed E-state index contributed by atoms with van der Waals surface area (Å²) < 4.78 is 15.8. The molecule has 0 saturated carbocycles. The summed E-state index contributed by atoms with van der Waals surface area (Å²) in [6.07, 6.45) is 3.86. The fourth-order valence-electron chi connectivity index (χ4n) is 4.19. The predicted molar refractivity (Wildman–Crippen MR) is 147 cm³/mol. The summed E-state index contributed by atoms with van der Waals surface area (Å²) in [5, 5.41) is 0. The molecule has 0 bridgehead atoms. The monoisotopic (exact) mass is 514 g/mol. The summed E-state index contributed by atoms with van der Waals surface area (Å²) in [6, 6.07) is 24.1. The first-order valence-electron chi connectivity index (χ1n) is 12.5. The van der Waals surface area contributed by atoms with E-state index in [9.17, 15) is 14.4 Å². The first-order valence-corrected chi connectivity index (χ1v) is 12.5. The Bertz CT molecular complexity index is 1270. The van der Waals surface area contributed by atoms with Gasteiger partial charge in [0.25, 0.3) is 0 Å². The lowest BCUT2D eigenvalue weighted by atomic mass is 9.72. The Hall–Kier alpha value is -4.19. The molecule has 3 aromatic rings. The van der Waals surface area contributed by atoms with Crippen molar-refractivity contribution in [3.8, 4) is 22.6 Å². The molecule has 0 radical (unpaired) electrons. The molecule has 0 aliphatic rings. The lowest BCUT2D eigenvalue weighted by molar-refractivity contribution is -0.157. The quantitative estimate of drug-likeness (QED) is 0.167. The molecule has 6 nitrogen and oxygen atoms in total. The van der Waals surface area contributed by atoms with Crippen molar-refractivity contribution in [1.82, 2.24) is 0 Å². The predicted octanol–water partition coefficient (Wildman–Crippen LogP) is 6.88. The van der Waals surface area contributed by atoms with Gasteiger partial charge in [0.15, 0.2) is 0 Å². The van der Waals surface area contributed by atoms with Gasteiger partial charge in [-0.3, -0.25) is 9.59 Å². The molecule has 0 spiro atoms. The second-order valence-corrected chi connectivity index (χ2v) is 10.1. The molecule has 3 aromatic carbocycles. The summed E-state index contributed by atoms with van der Waals surface area (Å²) in [5.41, 5.74) is 1.37. The maximum Gasteiger partial charge on any atom is 0.336 e. The third kappa shape index (κ3) is 7.42. The average Bonchev–Trinajstić information content (AvgIpc) is 2.93. The molecule has 0 aromatic heterocycles. The van der Waals surface area contributed by atoms with Gasteiger partial charge < -0.3 is 14.2 Å². The minimum Gasteiger partial charge on any atom is -0.469 e. The van der Waals surface area contributed by atoms with Gasteiger partial charge in [-0.1, -0.05) is 61.5 Å². The van der Waals surface area contributed by atoms with E-state index < -0.39 is 22.8 Å². The second-order valence-electron chi connectivity index (χ2n) is 10.1. The lowest BCUT2D eigenvalue weighted by Crippen LogP contribution is -2.39. The Kier molecular flexibility index (Phi) is 9.24. The van der Waals surface area contributed by atoms with Crippen molar-refractivity contribution < 1.29 is 28.6 Å². The molecule has 6 heteroatoms. The van der Waals surface area contributed by atoms with E-state index in [0.29, 0.717) is 17.9 Å². The van der Waals surface area contributed by atoms with Gasteiger partial charge in [-0.25, -0.2) is 4.79 Å². The average molecular weight is 515 g/mol. The van der Waals surface area contributed by atoms with E-state index in [1.54, 1.807) is 51.1 Å². The normalized spacial score (nSPS) is 13.0. The fourth-order valence-corrected chi connectivity index (χ4v) is 4.19. The molecule has 3 rings (SSSR count). The Morgan fingerprint density at radius 1 is 0.737 bits per heavy atom. The molecular formula is C32H34O6. The Morgan fingerprint density at radius 3 is 1.84 bits per heavy atom. The summed E-state index contributed by atoms with van der Waals surface area (Å²) in [5.74, 6) is -0.711. The van der Waals surface area contributed by atoms with Crippen LogP contribution in [-0.4, -0.2) is 25.0 Å². The zero-order chi connectivity index (χ0) is 27.8. The van der Waals surface area contributed by atoms with Crippen molar-refractivity contribution in [1.29, 1.82) is 0 Å². The zero-order valence-corrected chi connectivity index (χ0v) is 22.5. The fraction of sp³-hybridized carbons (Fsp3) is 0.281. The van der Waals surface area contributed by atoms with Crippen LogP contribution in [-0.2, 0) is 19.1 Å². The summed E-state index contributed by atoms with van der Waals surface area (Å²) in [6.45, 7) is 7.15. The highest BCUT2D eigenvalue weighted by atomic mass is 16.5. The standard InChI is InChI=1S/C32H34O6/c1-6-32(4,30(35)36-5)22-31(2,3)29(34)38-27-19-17-26(18-20-27)37-28(33)21-14-23-12-15-25(16-13-23)24-10-8-7-9-11-24/h7-21H,6,22H2,1-5H3. The zero-order valence-electron chi connectivity index (χ0n) is 22.5. The summed E-state index contributed by atoms with van der Waals surface area (Å²) >= 11 is 0. The minimum absolute atomic E-state index is 0.277. The number of carbonyl (C=O) groups excluding carboxylic acids is 3. The highest BCUT2D eigenvalue weighted by molar-refractivity contribution is 5.89. The first kappa shape index (κ1) is 28.4. The van der Waals surface area contributed by atoms with Crippen LogP contribution in [0.2, 0.25) is 0 Å². The number of hydrogen-bond donors (Lipinski definition) is 0. The topological polar surface area (TPSA) is 78.9 Å². The van der Waals surface area contributed by atoms with Gasteiger partial charge in [0, 0.05) is 6.08 Å². The van der Waals surface area contributed by atoms with Crippen LogP contribution in [0, 0.1) is 10.8 Å². The minimum atomic E-state index is -0.922. The van der Waals surface area contributed by atoms with Crippen LogP contribution in [0.1, 0.15) is 46.1 Å². The van der Waals surface area contributed by atoms with Gasteiger partial charge in [0.2, 0.25) is 0 Å². The number of carbonyl (C=O) groups is 3. The van der Waals surface area contributed by atoms with E-state index in [-0.39, 0.29) is 12.4 Å². The largest absolute Gasteiger partial charge is 0.469 e. The molecule has 0 fully saturated rings. The van der Waals surface area contributed by atoms with E-state index in [2.05, 4.69) is 0 Å². The first-order chi connectivity index (χ1) is 18.1. The number of ether oxygens (including phenoxy) is 3. The molecule has 38 heavy (non-hydrogen) atoms. The van der Waals surface area contributed by atoms with E-state index in [4.69, 9.17) is 14.2 Å². The van der Waals surface area contributed by atoms with Crippen molar-refractivity contribution in [2.45, 2.75) is 40.5 Å². The third-order valence-electron chi connectivity index (χ3n) is 6.53. The molecule has 0 N–H and O–H groups in total. The van der Waals surface area contributed by atoms with E-state index in [1.807, 2.05) is 61.5 Å². The van der Waals surface area contributed by atoms with Crippen LogP contribution >= 0.6 is 0 Å². The molecule has 198 valence electrons. The second kappa shape index (κ2) is 12.4. The highest BCUT2D eigenvalue weighted by Gasteiger charge is 2.42. The molecule has 0 aliphatic heterocycles. The van der Waals surface area contributed by atoms with Crippen molar-refractivity contribution >= 4 is 24.0 Å². The van der Waals surface area contributed by atoms with Gasteiger partial charge in [0.1, 0.15) is 11.5 Å². The lowest BCUT2D eigenvalue weighted by Gasteiger charge is -2.33. The Balaban J connectivity index is 1.55. The van der Waals surface area contributed by atoms with Crippen molar-refractivity contribution in [3.63, 3.8) is 0 Å². The maximum atomic E-state index is 12.9. The SMILES string of the molecule is CCC(C)(CC(C)(C)C(=O)Oc1ccc(OC(=O)C=Cc2ccc(-c3ccccc3)cc2)cc1)C(=O)OC. The summed E-state index contributed by atoms with van der Waals surface area (Å²) in [4.78, 5) is 37.4. The molecule has 0 saturated heterocycles. The van der Waals surface area contributed by atoms with E-state index in [0.717, 1.165) is 16.7 Å². The van der Waals surface area contributed by atoms with Crippen LogP contribution in [0.3, 0.4) is 0 Å². The summed E-state index contributed by atoms with van der Waals surface area (Å²) in [7, 11) is 1.34. The number of esters is 3. The van der Waals surface area contributed by atoms with Gasteiger partial charge >= 0.3 is 17.9 Å². The third-order valence-corrected chi connectivity index (χ3v) is 6.53. The van der Waals surface area contributed by atoms with Gasteiger partial charge in [-0.15, -0.1) is 0 Å². The molecule has 1 atom stereocenters. The smallest absolute Gasteiger partial charge is 0.336 e.